The molecule has 1 unspecified atom stereocenters. The van der Waals surface area contributed by atoms with E-state index in [1.165, 1.54) is 30.5 Å². The van der Waals surface area contributed by atoms with Crippen LogP contribution in [0.2, 0.25) is 0 Å². The number of nitrogens with one attached hydrogen (secondary N) is 1. The molecule has 3 aromatic rings. The summed E-state index contributed by atoms with van der Waals surface area (Å²) in [5.74, 6) is 0. The summed E-state index contributed by atoms with van der Waals surface area (Å²) in [7, 11) is 0. The molecule has 2 heterocycles. The normalized spacial score (nSPS) is 12.9. The molecule has 0 saturated heterocycles. The van der Waals surface area contributed by atoms with Gasteiger partial charge in [-0.25, -0.2) is 0 Å². The van der Waals surface area contributed by atoms with E-state index < -0.39 is 0 Å². The summed E-state index contributed by atoms with van der Waals surface area (Å²) >= 11 is 6.09. The molecule has 1 N–H and O–H groups in total. The molecule has 110 valence electrons. The standard InChI is InChI=1S/C17H18INS2/c1-2-7-19-15(13-9-17(18)21-11-13)8-12-10-20-16-6-4-3-5-14(12)16/h3-6,9-11,15,19H,2,7-8H2,1H3. The van der Waals surface area contributed by atoms with Gasteiger partial charge in [-0.3, -0.25) is 0 Å². The molecule has 0 aliphatic carbocycles. The van der Waals surface area contributed by atoms with Crippen LogP contribution in [0.5, 0.6) is 0 Å². The number of hydrogen-bond donors (Lipinski definition) is 1. The third-order valence-electron chi connectivity index (χ3n) is 3.62. The Morgan fingerprint density at radius 2 is 2.05 bits per heavy atom. The van der Waals surface area contributed by atoms with Crippen molar-refractivity contribution >= 4 is 55.4 Å². The zero-order chi connectivity index (χ0) is 14.7. The van der Waals surface area contributed by atoms with Crippen molar-refractivity contribution in [1.29, 1.82) is 0 Å². The molecule has 0 spiro atoms. The van der Waals surface area contributed by atoms with Gasteiger partial charge in [-0.1, -0.05) is 25.1 Å². The monoisotopic (exact) mass is 427 g/mol. The quantitative estimate of drug-likeness (QED) is 0.487. The fourth-order valence-electron chi connectivity index (χ4n) is 2.54. The molecule has 0 radical (unpaired) electrons. The Labute approximate surface area is 147 Å². The molecule has 0 amide bonds. The van der Waals surface area contributed by atoms with E-state index in [0.29, 0.717) is 6.04 Å². The highest BCUT2D eigenvalue weighted by Crippen LogP contribution is 2.31. The van der Waals surface area contributed by atoms with Crippen LogP contribution in [-0.4, -0.2) is 6.54 Å². The van der Waals surface area contributed by atoms with Crippen molar-refractivity contribution in [3.05, 3.63) is 55.1 Å². The molecule has 0 saturated carbocycles. The third kappa shape index (κ3) is 3.67. The van der Waals surface area contributed by atoms with E-state index in [-0.39, 0.29) is 0 Å². The van der Waals surface area contributed by atoms with E-state index in [1.807, 2.05) is 22.7 Å². The minimum Gasteiger partial charge on any atom is -0.310 e. The Morgan fingerprint density at radius 3 is 2.81 bits per heavy atom. The van der Waals surface area contributed by atoms with Crippen LogP contribution in [0, 0.1) is 2.88 Å². The van der Waals surface area contributed by atoms with E-state index >= 15 is 0 Å². The first kappa shape index (κ1) is 15.5. The molecular formula is C17H18INS2. The van der Waals surface area contributed by atoms with Crippen LogP contribution in [0.15, 0.2) is 41.1 Å². The third-order valence-corrected chi connectivity index (χ3v) is 6.44. The van der Waals surface area contributed by atoms with Crippen molar-refractivity contribution in [2.24, 2.45) is 0 Å². The maximum Gasteiger partial charge on any atom is 0.0656 e. The van der Waals surface area contributed by atoms with Crippen LogP contribution < -0.4 is 5.32 Å². The summed E-state index contributed by atoms with van der Waals surface area (Å²) in [4.78, 5) is 0. The molecule has 0 fully saturated rings. The Bertz CT molecular complexity index is 716. The van der Waals surface area contributed by atoms with Crippen LogP contribution in [0.4, 0.5) is 0 Å². The average molecular weight is 427 g/mol. The number of fused-ring (bicyclic) bond motifs is 1. The summed E-state index contributed by atoms with van der Waals surface area (Å²) < 4.78 is 2.75. The van der Waals surface area contributed by atoms with Gasteiger partial charge in [0.1, 0.15) is 0 Å². The summed E-state index contributed by atoms with van der Waals surface area (Å²) in [5.41, 5.74) is 2.89. The van der Waals surface area contributed by atoms with Crippen molar-refractivity contribution < 1.29 is 0 Å². The Morgan fingerprint density at radius 1 is 1.19 bits per heavy atom. The minimum absolute atomic E-state index is 0.419. The van der Waals surface area contributed by atoms with Gasteiger partial charge in [-0.15, -0.1) is 22.7 Å². The van der Waals surface area contributed by atoms with Crippen molar-refractivity contribution in [3.8, 4) is 0 Å². The van der Waals surface area contributed by atoms with Gasteiger partial charge in [0.05, 0.1) is 2.88 Å². The number of benzene rings is 1. The van der Waals surface area contributed by atoms with Gasteiger partial charge in [-0.2, -0.15) is 0 Å². The maximum atomic E-state index is 3.71. The lowest BCUT2D eigenvalue weighted by Gasteiger charge is -2.17. The number of hydrogen-bond acceptors (Lipinski definition) is 3. The SMILES string of the molecule is CCCNC(Cc1csc2ccccc12)c1csc(I)c1. The van der Waals surface area contributed by atoms with Gasteiger partial charge in [0.15, 0.2) is 0 Å². The number of rotatable bonds is 6. The second-order valence-corrected chi connectivity index (χ2v) is 8.87. The molecule has 0 aliphatic rings. The molecule has 3 rings (SSSR count). The van der Waals surface area contributed by atoms with Gasteiger partial charge < -0.3 is 5.32 Å². The summed E-state index contributed by atoms with van der Waals surface area (Å²) in [5, 5.41) is 9.74. The van der Waals surface area contributed by atoms with Crippen molar-refractivity contribution in [2.75, 3.05) is 6.54 Å². The first-order valence-corrected chi connectivity index (χ1v) is 10.0. The summed E-state index contributed by atoms with van der Waals surface area (Å²) in [6.45, 7) is 3.29. The van der Waals surface area contributed by atoms with E-state index in [2.05, 4.69) is 75.9 Å². The van der Waals surface area contributed by atoms with Crippen LogP contribution in [-0.2, 0) is 6.42 Å². The summed E-state index contributed by atoms with van der Waals surface area (Å²) in [6, 6.07) is 11.5. The highest BCUT2D eigenvalue weighted by atomic mass is 127. The maximum absolute atomic E-state index is 3.71. The van der Waals surface area contributed by atoms with Gasteiger partial charge in [0.25, 0.3) is 0 Å². The summed E-state index contributed by atoms with van der Waals surface area (Å²) in [6.07, 6.45) is 2.24. The minimum atomic E-state index is 0.419. The topological polar surface area (TPSA) is 12.0 Å². The molecule has 1 atom stereocenters. The lowest BCUT2D eigenvalue weighted by Crippen LogP contribution is -2.23. The number of thiophene rings is 2. The van der Waals surface area contributed by atoms with Gasteiger partial charge >= 0.3 is 0 Å². The highest BCUT2D eigenvalue weighted by Gasteiger charge is 2.15. The van der Waals surface area contributed by atoms with Gasteiger partial charge in [0.2, 0.25) is 0 Å². The average Bonchev–Trinajstić information content (AvgIpc) is 3.10. The zero-order valence-electron chi connectivity index (χ0n) is 11.9. The van der Waals surface area contributed by atoms with Crippen LogP contribution in [0.25, 0.3) is 10.1 Å². The van der Waals surface area contributed by atoms with Gasteiger partial charge in [-0.05, 0) is 81.4 Å². The predicted octanol–water partition coefficient (Wildman–Crippen LogP) is 5.85. The largest absolute Gasteiger partial charge is 0.310 e. The van der Waals surface area contributed by atoms with E-state index in [4.69, 9.17) is 0 Å². The molecule has 2 aromatic heterocycles. The van der Waals surface area contributed by atoms with Crippen molar-refractivity contribution in [3.63, 3.8) is 0 Å². The molecule has 0 bridgehead atoms. The fraction of sp³-hybridized carbons (Fsp3) is 0.294. The van der Waals surface area contributed by atoms with Crippen molar-refractivity contribution in [1.82, 2.24) is 5.32 Å². The number of halogens is 1. The van der Waals surface area contributed by atoms with E-state index in [9.17, 15) is 0 Å². The van der Waals surface area contributed by atoms with Crippen molar-refractivity contribution in [2.45, 2.75) is 25.8 Å². The predicted molar refractivity (Wildman–Crippen MR) is 104 cm³/mol. The molecule has 0 aliphatic heterocycles. The Hall–Kier alpha value is -0.430. The van der Waals surface area contributed by atoms with Crippen LogP contribution in [0.1, 0.15) is 30.5 Å². The van der Waals surface area contributed by atoms with Crippen LogP contribution >= 0.6 is 45.3 Å². The Kier molecular flexibility index (Phi) is 5.32. The van der Waals surface area contributed by atoms with E-state index in [1.54, 1.807) is 0 Å². The first-order chi connectivity index (χ1) is 10.3. The first-order valence-electron chi connectivity index (χ1n) is 7.20. The second kappa shape index (κ2) is 7.22. The fourth-order valence-corrected chi connectivity index (χ4v) is 4.95. The highest BCUT2D eigenvalue weighted by molar-refractivity contribution is 14.1. The lowest BCUT2D eigenvalue weighted by atomic mass is 10.0. The zero-order valence-corrected chi connectivity index (χ0v) is 15.7. The molecule has 21 heavy (non-hydrogen) atoms. The Balaban J connectivity index is 1.87. The molecular weight excluding hydrogens is 409 g/mol. The molecule has 4 heteroatoms. The molecule has 1 aromatic carbocycles. The smallest absolute Gasteiger partial charge is 0.0656 e. The van der Waals surface area contributed by atoms with E-state index in [0.717, 1.165) is 13.0 Å². The van der Waals surface area contributed by atoms with Crippen LogP contribution in [0.3, 0.4) is 0 Å². The lowest BCUT2D eigenvalue weighted by molar-refractivity contribution is 0.532. The molecule has 1 nitrogen and oxygen atoms in total. The van der Waals surface area contributed by atoms with Gasteiger partial charge in [0, 0.05) is 10.7 Å². The second-order valence-electron chi connectivity index (χ2n) is 5.15.